The van der Waals surface area contributed by atoms with Gasteiger partial charge in [-0.15, -0.1) is 0 Å². The van der Waals surface area contributed by atoms with Crippen LogP contribution in [0.15, 0.2) is 0 Å². The number of nitriles is 1. The summed E-state index contributed by atoms with van der Waals surface area (Å²) in [4.78, 5) is 13.0. The normalized spacial score (nSPS) is 23.3. The van der Waals surface area contributed by atoms with Gasteiger partial charge in [0.1, 0.15) is 0 Å². The van der Waals surface area contributed by atoms with E-state index in [1.165, 1.54) is 0 Å². The monoisotopic (exact) mass is 166 g/mol. The fraction of sp³-hybridized carbons (Fsp3) is 0.778. The Hall–Kier alpha value is -1.04. The van der Waals surface area contributed by atoms with Gasteiger partial charge in [0.2, 0.25) is 5.91 Å². The number of carbonyl (C=O) groups excluding carboxylic acids is 1. The Morgan fingerprint density at radius 2 is 2.42 bits per heavy atom. The van der Waals surface area contributed by atoms with Crippen LogP contribution in [0.1, 0.15) is 20.3 Å². The van der Waals surface area contributed by atoms with Crippen LogP contribution in [0.25, 0.3) is 0 Å². The number of hydrogen-bond acceptors (Lipinski definition) is 2. The van der Waals surface area contributed by atoms with Gasteiger partial charge in [0.05, 0.1) is 12.0 Å². The van der Waals surface area contributed by atoms with Gasteiger partial charge in [0.15, 0.2) is 0 Å². The second-order valence-corrected chi connectivity index (χ2v) is 3.72. The molecule has 0 aromatic carbocycles. The highest BCUT2D eigenvalue weighted by molar-refractivity contribution is 5.79. The summed E-state index contributed by atoms with van der Waals surface area (Å²) in [5.74, 6) is 0.554. The average molecular weight is 166 g/mol. The molecule has 12 heavy (non-hydrogen) atoms. The minimum absolute atomic E-state index is 0.0729. The van der Waals surface area contributed by atoms with Crippen molar-refractivity contribution in [1.29, 1.82) is 5.26 Å². The minimum Gasteiger partial charge on any atom is -0.341 e. The second kappa shape index (κ2) is 3.57. The van der Waals surface area contributed by atoms with Crippen LogP contribution in [-0.2, 0) is 4.79 Å². The van der Waals surface area contributed by atoms with E-state index in [4.69, 9.17) is 5.26 Å². The minimum atomic E-state index is -0.0729. The highest BCUT2D eigenvalue weighted by Gasteiger charge is 2.29. The predicted molar refractivity (Wildman–Crippen MR) is 45.1 cm³/mol. The largest absolute Gasteiger partial charge is 0.341 e. The molecule has 3 heteroatoms. The van der Waals surface area contributed by atoms with Crippen LogP contribution >= 0.6 is 0 Å². The summed E-state index contributed by atoms with van der Waals surface area (Å²) in [6.07, 6.45) is 0.420. The second-order valence-electron chi connectivity index (χ2n) is 3.72. The van der Waals surface area contributed by atoms with Crippen LogP contribution < -0.4 is 0 Å². The molecule has 0 bridgehead atoms. The molecule has 1 saturated heterocycles. The quantitative estimate of drug-likeness (QED) is 0.614. The van der Waals surface area contributed by atoms with Crippen LogP contribution in [0.5, 0.6) is 0 Å². The van der Waals surface area contributed by atoms with Crippen molar-refractivity contribution in [3.8, 4) is 6.07 Å². The molecule has 1 aliphatic rings. The molecule has 1 heterocycles. The Bertz CT molecular complexity index is 217. The third-order valence-electron chi connectivity index (χ3n) is 1.98. The highest BCUT2D eigenvalue weighted by Crippen LogP contribution is 2.17. The number of nitrogens with zero attached hydrogens (tertiary/aromatic N) is 2. The molecule has 3 nitrogen and oxygen atoms in total. The van der Waals surface area contributed by atoms with Gasteiger partial charge in [-0.1, -0.05) is 13.8 Å². The van der Waals surface area contributed by atoms with E-state index in [2.05, 4.69) is 19.9 Å². The first-order valence-electron chi connectivity index (χ1n) is 4.31. The lowest BCUT2D eigenvalue weighted by atomic mass is 10.1. The molecule has 1 unspecified atom stereocenters. The Balaban J connectivity index is 2.48. The van der Waals surface area contributed by atoms with Crippen LogP contribution in [-0.4, -0.2) is 23.9 Å². The number of amides is 1. The molecule has 0 radical (unpaired) electrons. The van der Waals surface area contributed by atoms with E-state index in [0.717, 1.165) is 6.54 Å². The van der Waals surface area contributed by atoms with Gasteiger partial charge >= 0.3 is 0 Å². The number of rotatable bonds is 2. The van der Waals surface area contributed by atoms with Crippen molar-refractivity contribution in [3.05, 3.63) is 0 Å². The van der Waals surface area contributed by atoms with Crippen molar-refractivity contribution < 1.29 is 4.79 Å². The van der Waals surface area contributed by atoms with Crippen LogP contribution in [0.2, 0.25) is 0 Å². The summed E-state index contributed by atoms with van der Waals surface area (Å²) in [7, 11) is 0. The Kier molecular flexibility index (Phi) is 2.69. The van der Waals surface area contributed by atoms with Crippen molar-refractivity contribution >= 4 is 5.91 Å². The lowest BCUT2D eigenvalue weighted by Gasteiger charge is -2.17. The maximum Gasteiger partial charge on any atom is 0.224 e. The summed E-state index contributed by atoms with van der Waals surface area (Å²) >= 11 is 0. The fourth-order valence-corrected chi connectivity index (χ4v) is 1.48. The summed E-state index contributed by atoms with van der Waals surface area (Å²) in [5.41, 5.74) is 0. The number of hydrogen-bond donors (Lipinski definition) is 0. The first-order chi connectivity index (χ1) is 5.63. The highest BCUT2D eigenvalue weighted by atomic mass is 16.2. The van der Waals surface area contributed by atoms with Gasteiger partial charge in [0, 0.05) is 19.5 Å². The zero-order chi connectivity index (χ0) is 9.14. The topological polar surface area (TPSA) is 44.1 Å². The van der Waals surface area contributed by atoms with Crippen molar-refractivity contribution in [3.63, 3.8) is 0 Å². The van der Waals surface area contributed by atoms with Gasteiger partial charge < -0.3 is 4.90 Å². The maximum atomic E-state index is 11.3. The van der Waals surface area contributed by atoms with E-state index in [1.54, 1.807) is 4.90 Å². The molecule has 1 atom stereocenters. The molecule has 66 valence electrons. The molecule has 0 saturated carbocycles. The van der Waals surface area contributed by atoms with Gasteiger partial charge in [-0.3, -0.25) is 4.79 Å². The van der Waals surface area contributed by atoms with Crippen LogP contribution in [0.4, 0.5) is 0 Å². The van der Waals surface area contributed by atoms with E-state index in [-0.39, 0.29) is 11.8 Å². The molecule has 0 aromatic heterocycles. The SMILES string of the molecule is CC(C)CN1CC(C#N)CC1=O. The summed E-state index contributed by atoms with van der Waals surface area (Å²) in [6.45, 7) is 5.57. The summed E-state index contributed by atoms with van der Waals surface area (Å²) in [5, 5.41) is 8.61. The van der Waals surface area contributed by atoms with Crippen LogP contribution in [0, 0.1) is 23.2 Å². The van der Waals surface area contributed by atoms with E-state index in [1.807, 2.05) is 0 Å². The summed E-state index contributed by atoms with van der Waals surface area (Å²) < 4.78 is 0. The zero-order valence-corrected chi connectivity index (χ0v) is 7.58. The molecule has 1 rings (SSSR count). The number of likely N-dealkylation sites (tertiary alicyclic amines) is 1. The van der Waals surface area contributed by atoms with E-state index in [9.17, 15) is 4.79 Å². The summed E-state index contributed by atoms with van der Waals surface area (Å²) in [6, 6.07) is 2.14. The lowest BCUT2D eigenvalue weighted by molar-refractivity contribution is -0.128. The third-order valence-corrected chi connectivity index (χ3v) is 1.98. The first-order valence-corrected chi connectivity index (χ1v) is 4.31. The number of carbonyl (C=O) groups is 1. The van der Waals surface area contributed by atoms with E-state index < -0.39 is 0 Å². The van der Waals surface area contributed by atoms with Gasteiger partial charge in [-0.2, -0.15) is 5.26 Å². The van der Waals surface area contributed by atoms with Crippen molar-refractivity contribution in [2.45, 2.75) is 20.3 Å². The van der Waals surface area contributed by atoms with Crippen molar-refractivity contribution in [2.24, 2.45) is 11.8 Å². The molecular formula is C9H14N2O. The molecule has 0 aliphatic carbocycles. The Labute approximate surface area is 73.0 Å². The molecule has 1 aliphatic heterocycles. The van der Waals surface area contributed by atoms with Gasteiger partial charge in [0.25, 0.3) is 0 Å². The zero-order valence-electron chi connectivity index (χ0n) is 7.58. The Morgan fingerprint density at radius 1 is 1.75 bits per heavy atom. The lowest BCUT2D eigenvalue weighted by Crippen LogP contribution is -2.29. The Morgan fingerprint density at radius 3 is 2.83 bits per heavy atom. The van der Waals surface area contributed by atoms with E-state index in [0.29, 0.717) is 18.9 Å². The third kappa shape index (κ3) is 1.97. The first kappa shape index (κ1) is 9.05. The molecule has 1 amide bonds. The van der Waals surface area contributed by atoms with Crippen LogP contribution in [0.3, 0.4) is 0 Å². The average Bonchev–Trinajstić information content (AvgIpc) is 2.31. The molecule has 0 aromatic rings. The molecular weight excluding hydrogens is 152 g/mol. The van der Waals surface area contributed by atoms with E-state index >= 15 is 0 Å². The van der Waals surface area contributed by atoms with Gasteiger partial charge in [-0.25, -0.2) is 0 Å². The van der Waals surface area contributed by atoms with Crippen molar-refractivity contribution in [1.82, 2.24) is 4.90 Å². The maximum absolute atomic E-state index is 11.3. The molecule has 1 fully saturated rings. The van der Waals surface area contributed by atoms with Gasteiger partial charge in [-0.05, 0) is 5.92 Å². The van der Waals surface area contributed by atoms with Crippen molar-refractivity contribution in [2.75, 3.05) is 13.1 Å². The fourth-order valence-electron chi connectivity index (χ4n) is 1.48. The molecule has 0 spiro atoms. The smallest absolute Gasteiger partial charge is 0.224 e. The predicted octanol–water partition coefficient (Wildman–Crippen LogP) is 1.01. The standard InChI is InChI=1S/C9H14N2O/c1-7(2)5-11-6-8(4-10)3-9(11)12/h7-8H,3,5-6H2,1-2H3. The molecule has 0 N–H and O–H groups in total.